The van der Waals surface area contributed by atoms with Gasteiger partial charge in [0.15, 0.2) is 0 Å². The van der Waals surface area contributed by atoms with Crippen molar-refractivity contribution in [3.05, 3.63) is 55.7 Å². The highest BCUT2D eigenvalue weighted by atomic mass is 79.9. The predicted molar refractivity (Wildman–Crippen MR) is 87.9 cm³/mol. The molecule has 0 bridgehead atoms. The lowest BCUT2D eigenvalue weighted by Gasteiger charge is -2.16. The lowest BCUT2D eigenvalue weighted by molar-refractivity contribution is 0.604. The standard InChI is InChI=1S/C16H20BrNS/c1-10-6-5-7-11(14(10)17)15(18)12-8-9-13(19-12)16(2,3)4/h5-9,15H,18H2,1-4H3. The van der Waals surface area contributed by atoms with E-state index in [-0.39, 0.29) is 11.5 Å². The lowest BCUT2D eigenvalue weighted by Crippen LogP contribution is -2.11. The van der Waals surface area contributed by atoms with Gasteiger partial charge in [0.25, 0.3) is 0 Å². The number of aryl methyl sites for hydroxylation is 1. The number of nitrogens with two attached hydrogens (primary N) is 1. The molecule has 0 aliphatic rings. The van der Waals surface area contributed by atoms with E-state index in [0.29, 0.717) is 0 Å². The predicted octanol–water partition coefficient (Wildman–Crippen LogP) is 5.16. The van der Waals surface area contributed by atoms with Crippen molar-refractivity contribution in [2.24, 2.45) is 5.73 Å². The van der Waals surface area contributed by atoms with E-state index >= 15 is 0 Å². The first-order valence-electron chi connectivity index (χ1n) is 6.41. The van der Waals surface area contributed by atoms with E-state index in [9.17, 15) is 0 Å². The van der Waals surface area contributed by atoms with E-state index in [1.165, 1.54) is 15.3 Å². The molecule has 0 saturated heterocycles. The van der Waals surface area contributed by atoms with Crippen LogP contribution in [-0.2, 0) is 5.41 Å². The van der Waals surface area contributed by atoms with Gasteiger partial charge in [-0.05, 0) is 35.6 Å². The molecule has 2 N–H and O–H groups in total. The molecule has 1 nitrogen and oxygen atoms in total. The molecule has 2 aromatic rings. The number of rotatable bonds is 2. The van der Waals surface area contributed by atoms with Gasteiger partial charge >= 0.3 is 0 Å². The van der Waals surface area contributed by atoms with Crippen LogP contribution in [0.15, 0.2) is 34.8 Å². The highest BCUT2D eigenvalue weighted by Gasteiger charge is 2.20. The van der Waals surface area contributed by atoms with Crippen LogP contribution < -0.4 is 5.73 Å². The molecule has 1 heterocycles. The second kappa shape index (κ2) is 5.39. The molecule has 0 amide bonds. The summed E-state index contributed by atoms with van der Waals surface area (Å²) in [5, 5.41) is 0. The van der Waals surface area contributed by atoms with Crippen LogP contribution in [0, 0.1) is 6.92 Å². The Morgan fingerprint density at radius 1 is 1.16 bits per heavy atom. The fraction of sp³-hybridized carbons (Fsp3) is 0.375. The zero-order valence-electron chi connectivity index (χ0n) is 11.8. The Morgan fingerprint density at radius 3 is 2.42 bits per heavy atom. The first kappa shape index (κ1) is 14.8. The molecule has 1 aromatic heterocycles. The highest BCUT2D eigenvalue weighted by molar-refractivity contribution is 9.10. The maximum absolute atomic E-state index is 6.42. The van der Waals surface area contributed by atoms with Gasteiger partial charge in [-0.15, -0.1) is 11.3 Å². The summed E-state index contributed by atoms with van der Waals surface area (Å²) in [4.78, 5) is 2.60. The monoisotopic (exact) mass is 337 g/mol. The van der Waals surface area contributed by atoms with Crippen molar-refractivity contribution in [2.45, 2.75) is 39.2 Å². The SMILES string of the molecule is Cc1cccc(C(N)c2ccc(C(C)(C)C)s2)c1Br. The van der Waals surface area contributed by atoms with Crippen LogP contribution in [0.2, 0.25) is 0 Å². The largest absolute Gasteiger partial charge is 0.320 e. The Kier molecular flexibility index (Phi) is 4.19. The maximum Gasteiger partial charge on any atom is 0.0657 e. The Balaban J connectivity index is 2.37. The molecular formula is C16H20BrNS. The highest BCUT2D eigenvalue weighted by Crippen LogP contribution is 2.36. The summed E-state index contributed by atoms with van der Waals surface area (Å²) < 4.78 is 1.12. The minimum atomic E-state index is -0.0598. The van der Waals surface area contributed by atoms with Gasteiger partial charge < -0.3 is 5.73 Å². The van der Waals surface area contributed by atoms with Crippen LogP contribution in [0.25, 0.3) is 0 Å². The third-order valence-electron chi connectivity index (χ3n) is 3.23. The molecule has 2 rings (SSSR count). The number of benzene rings is 1. The second-order valence-electron chi connectivity index (χ2n) is 5.91. The van der Waals surface area contributed by atoms with Gasteiger partial charge in [0.2, 0.25) is 0 Å². The molecule has 0 aliphatic carbocycles. The van der Waals surface area contributed by atoms with Gasteiger partial charge in [0, 0.05) is 14.2 Å². The molecule has 0 saturated carbocycles. The smallest absolute Gasteiger partial charge is 0.0657 e. The first-order valence-corrected chi connectivity index (χ1v) is 8.02. The van der Waals surface area contributed by atoms with Crippen LogP contribution >= 0.6 is 27.3 Å². The Bertz CT molecular complexity index is 581. The normalized spacial score (nSPS) is 13.6. The zero-order valence-corrected chi connectivity index (χ0v) is 14.2. The minimum absolute atomic E-state index is 0.0598. The van der Waals surface area contributed by atoms with Crippen LogP contribution in [0.1, 0.15) is 47.7 Å². The first-order chi connectivity index (χ1) is 8.80. The number of halogens is 1. The fourth-order valence-corrected chi connectivity index (χ4v) is 3.58. The average molecular weight is 338 g/mol. The Labute approximate surface area is 128 Å². The average Bonchev–Trinajstić information content (AvgIpc) is 2.81. The topological polar surface area (TPSA) is 26.0 Å². The summed E-state index contributed by atoms with van der Waals surface area (Å²) in [5.74, 6) is 0. The third kappa shape index (κ3) is 3.10. The second-order valence-corrected chi connectivity index (χ2v) is 7.82. The van der Waals surface area contributed by atoms with Crippen molar-refractivity contribution >= 4 is 27.3 Å². The Morgan fingerprint density at radius 2 is 1.84 bits per heavy atom. The third-order valence-corrected chi connectivity index (χ3v) is 5.91. The molecule has 0 radical (unpaired) electrons. The Hall–Kier alpha value is -0.640. The van der Waals surface area contributed by atoms with Crippen molar-refractivity contribution in [1.82, 2.24) is 0 Å². The summed E-state index contributed by atoms with van der Waals surface area (Å²) in [6, 6.07) is 10.5. The number of hydrogen-bond acceptors (Lipinski definition) is 2. The van der Waals surface area contributed by atoms with Crippen LogP contribution in [-0.4, -0.2) is 0 Å². The van der Waals surface area contributed by atoms with E-state index in [0.717, 1.165) is 10.0 Å². The minimum Gasteiger partial charge on any atom is -0.320 e. The van der Waals surface area contributed by atoms with E-state index < -0.39 is 0 Å². The van der Waals surface area contributed by atoms with Crippen molar-refractivity contribution in [2.75, 3.05) is 0 Å². The van der Waals surface area contributed by atoms with Gasteiger partial charge in [-0.3, -0.25) is 0 Å². The van der Waals surface area contributed by atoms with Gasteiger partial charge in [0.05, 0.1) is 6.04 Å². The summed E-state index contributed by atoms with van der Waals surface area (Å²) in [6.07, 6.45) is 0. The molecule has 1 aromatic carbocycles. The molecule has 3 heteroatoms. The summed E-state index contributed by atoms with van der Waals surface area (Å²) in [5.41, 5.74) is 8.99. The summed E-state index contributed by atoms with van der Waals surface area (Å²) >= 11 is 5.46. The fourth-order valence-electron chi connectivity index (χ4n) is 1.99. The van der Waals surface area contributed by atoms with Crippen LogP contribution in [0.5, 0.6) is 0 Å². The zero-order chi connectivity index (χ0) is 14.2. The molecule has 1 unspecified atom stereocenters. The molecule has 0 spiro atoms. The van der Waals surface area contributed by atoms with Crippen molar-refractivity contribution in [3.63, 3.8) is 0 Å². The van der Waals surface area contributed by atoms with Gasteiger partial charge in [0.1, 0.15) is 0 Å². The summed E-state index contributed by atoms with van der Waals surface area (Å²) in [7, 11) is 0. The molecule has 0 fully saturated rings. The number of hydrogen-bond donors (Lipinski definition) is 1. The molecule has 102 valence electrons. The van der Waals surface area contributed by atoms with E-state index in [4.69, 9.17) is 5.73 Å². The molecule has 0 aliphatic heterocycles. The maximum atomic E-state index is 6.42. The van der Waals surface area contributed by atoms with Crippen molar-refractivity contribution in [3.8, 4) is 0 Å². The quantitative estimate of drug-likeness (QED) is 0.804. The molecular weight excluding hydrogens is 318 g/mol. The van der Waals surface area contributed by atoms with E-state index in [1.54, 1.807) is 0 Å². The van der Waals surface area contributed by atoms with Crippen LogP contribution in [0.3, 0.4) is 0 Å². The number of thiophene rings is 1. The summed E-state index contributed by atoms with van der Waals surface area (Å²) in [6.45, 7) is 8.79. The van der Waals surface area contributed by atoms with E-state index in [1.807, 2.05) is 11.3 Å². The van der Waals surface area contributed by atoms with Crippen LogP contribution in [0.4, 0.5) is 0 Å². The molecule has 19 heavy (non-hydrogen) atoms. The lowest BCUT2D eigenvalue weighted by atomic mass is 9.95. The van der Waals surface area contributed by atoms with Gasteiger partial charge in [-0.2, -0.15) is 0 Å². The van der Waals surface area contributed by atoms with Crippen molar-refractivity contribution in [1.29, 1.82) is 0 Å². The molecule has 1 atom stereocenters. The van der Waals surface area contributed by atoms with E-state index in [2.05, 4.69) is 74.0 Å². The van der Waals surface area contributed by atoms with Gasteiger partial charge in [-0.25, -0.2) is 0 Å². The van der Waals surface area contributed by atoms with Gasteiger partial charge in [-0.1, -0.05) is 54.9 Å². The van der Waals surface area contributed by atoms with Crippen molar-refractivity contribution < 1.29 is 0 Å².